The minimum absolute atomic E-state index is 0.766. The predicted octanol–water partition coefficient (Wildman–Crippen LogP) is 3.23. The zero-order chi connectivity index (χ0) is 11.8. The number of thiophene rings is 1. The number of rotatable bonds is 3. The average molecular weight is 315 g/mol. The first-order chi connectivity index (χ1) is 8.22. The fourth-order valence-corrected chi connectivity index (χ4v) is 4.72. The molecule has 0 spiro atoms. The number of piperidine rings is 1. The smallest absolute Gasteiger partial charge is 0.0339 e. The topological polar surface area (TPSA) is 15.3 Å². The van der Waals surface area contributed by atoms with Gasteiger partial charge in [-0.15, -0.1) is 11.3 Å². The molecule has 1 aromatic heterocycles. The van der Waals surface area contributed by atoms with Crippen LogP contribution in [0.15, 0.2) is 15.9 Å². The third kappa shape index (κ3) is 2.60. The van der Waals surface area contributed by atoms with Gasteiger partial charge in [0, 0.05) is 34.0 Å². The van der Waals surface area contributed by atoms with Crippen LogP contribution in [0.25, 0.3) is 0 Å². The molecule has 2 fully saturated rings. The van der Waals surface area contributed by atoms with E-state index in [1.807, 2.05) is 11.3 Å². The zero-order valence-electron chi connectivity index (χ0n) is 10.2. The summed E-state index contributed by atoms with van der Waals surface area (Å²) in [6.07, 6.45) is 5.43. The molecule has 2 aliphatic rings. The Labute approximate surface area is 116 Å². The Morgan fingerprint density at radius 1 is 1.41 bits per heavy atom. The van der Waals surface area contributed by atoms with Gasteiger partial charge in [-0.2, -0.15) is 0 Å². The van der Waals surface area contributed by atoms with Gasteiger partial charge in [-0.1, -0.05) is 0 Å². The maximum Gasteiger partial charge on any atom is 0.0339 e. The van der Waals surface area contributed by atoms with Crippen LogP contribution in [0.1, 0.15) is 30.6 Å². The van der Waals surface area contributed by atoms with Gasteiger partial charge >= 0.3 is 0 Å². The Morgan fingerprint density at radius 3 is 2.71 bits per heavy atom. The normalized spacial score (nSPS) is 32.3. The minimum atomic E-state index is 0.766. The lowest BCUT2D eigenvalue weighted by Crippen LogP contribution is -2.46. The molecule has 0 aliphatic carbocycles. The van der Waals surface area contributed by atoms with E-state index in [2.05, 4.69) is 44.6 Å². The second kappa shape index (κ2) is 5.00. The lowest BCUT2D eigenvalue weighted by Gasteiger charge is -2.35. The highest BCUT2D eigenvalue weighted by Crippen LogP contribution is 2.31. The van der Waals surface area contributed by atoms with Gasteiger partial charge in [-0.05, 0) is 60.1 Å². The molecule has 17 heavy (non-hydrogen) atoms. The summed E-state index contributed by atoms with van der Waals surface area (Å²) in [7, 11) is 2.28. The van der Waals surface area contributed by atoms with E-state index in [0.29, 0.717) is 0 Å². The number of fused-ring (bicyclic) bond motifs is 2. The van der Waals surface area contributed by atoms with Gasteiger partial charge < -0.3 is 5.32 Å². The van der Waals surface area contributed by atoms with Gasteiger partial charge in [0.05, 0.1) is 0 Å². The summed E-state index contributed by atoms with van der Waals surface area (Å²) in [5.74, 6) is 0. The van der Waals surface area contributed by atoms with Crippen molar-refractivity contribution in [3.63, 3.8) is 0 Å². The van der Waals surface area contributed by atoms with E-state index >= 15 is 0 Å². The van der Waals surface area contributed by atoms with Crippen molar-refractivity contribution in [3.8, 4) is 0 Å². The number of hydrogen-bond donors (Lipinski definition) is 1. The average Bonchev–Trinajstić information content (AvgIpc) is 2.86. The molecular weight excluding hydrogens is 296 g/mol. The van der Waals surface area contributed by atoms with Gasteiger partial charge in [-0.3, -0.25) is 4.90 Å². The molecule has 3 rings (SSSR count). The Morgan fingerprint density at radius 2 is 2.12 bits per heavy atom. The van der Waals surface area contributed by atoms with Gasteiger partial charge in [-0.25, -0.2) is 0 Å². The van der Waals surface area contributed by atoms with Crippen molar-refractivity contribution in [2.75, 3.05) is 7.05 Å². The number of nitrogens with one attached hydrogen (secondary N) is 1. The third-order valence-corrected chi connectivity index (χ3v) is 6.07. The molecule has 0 aromatic carbocycles. The summed E-state index contributed by atoms with van der Waals surface area (Å²) in [4.78, 5) is 4.00. The van der Waals surface area contributed by atoms with E-state index in [1.165, 1.54) is 35.0 Å². The largest absolute Gasteiger partial charge is 0.311 e. The maximum absolute atomic E-state index is 3.71. The standard InChI is InChI=1S/C13H19BrN2S/c1-16(8-13-12(14)4-5-17-13)11-6-9-2-3-10(7-11)15-9/h4-5,9-11,15H,2-3,6-8H2,1H3. The molecule has 0 saturated carbocycles. The van der Waals surface area contributed by atoms with Crippen LogP contribution in [-0.4, -0.2) is 30.1 Å². The molecular formula is C13H19BrN2S. The Balaban J connectivity index is 1.63. The van der Waals surface area contributed by atoms with Crippen LogP contribution in [0, 0.1) is 0 Å². The second-order valence-corrected chi connectivity index (χ2v) is 7.22. The van der Waals surface area contributed by atoms with E-state index in [-0.39, 0.29) is 0 Å². The second-order valence-electron chi connectivity index (χ2n) is 5.37. The highest BCUT2D eigenvalue weighted by atomic mass is 79.9. The van der Waals surface area contributed by atoms with Crippen LogP contribution < -0.4 is 5.32 Å². The summed E-state index contributed by atoms with van der Waals surface area (Å²) < 4.78 is 1.27. The molecule has 2 atom stereocenters. The summed E-state index contributed by atoms with van der Waals surface area (Å²) in [5.41, 5.74) is 0. The predicted molar refractivity (Wildman–Crippen MR) is 76.5 cm³/mol. The molecule has 0 amide bonds. The van der Waals surface area contributed by atoms with E-state index in [9.17, 15) is 0 Å². The van der Waals surface area contributed by atoms with Gasteiger partial charge in [0.1, 0.15) is 0 Å². The maximum atomic E-state index is 3.71. The van der Waals surface area contributed by atoms with Crippen molar-refractivity contribution in [1.82, 2.24) is 10.2 Å². The first-order valence-corrected chi connectivity index (χ1v) is 8.08. The van der Waals surface area contributed by atoms with Crippen molar-refractivity contribution in [3.05, 3.63) is 20.8 Å². The Hall–Kier alpha value is 0.1000. The third-order valence-electron chi connectivity index (χ3n) is 4.16. The molecule has 2 aliphatic heterocycles. The van der Waals surface area contributed by atoms with Crippen LogP contribution in [0.2, 0.25) is 0 Å². The molecule has 1 N–H and O–H groups in total. The summed E-state index contributed by atoms with van der Waals surface area (Å²) in [6.45, 7) is 1.09. The van der Waals surface area contributed by atoms with Crippen molar-refractivity contribution in [2.45, 2.75) is 50.4 Å². The molecule has 2 nitrogen and oxygen atoms in total. The quantitative estimate of drug-likeness (QED) is 0.921. The van der Waals surface area contributed by atoms with E-state index in [4.69, 9.17) is 0 Å². The molecule has 1 aromatic rings. The van der Waals surface area contributed by atoms with E-state index in [1.54, 1.807) is 0 Å². The first-order valence-electron chi connectivity index (χ1n) is 6.40. The van der Waals surface area contributed by atoms with Crippen LogP contribution in [-0.2, 0) is 6.54 Å². The van der Waals surface area contributed by atoms with Crippen LogP contribution in [0.5, 0.6) is 0 Å². The molecule has 2 bridgehead atoms. The van der Waals surface area contributed by atoms with Gasteiger partial charge in [0.2, 0.25) is 0 Å². The highest BCUT2D eigenvalue weighted by molar-refractivity contribution is 9.10. The summed E-state index contributed by atoms with van der Waals surface area (Å²) in [6, 6.07) is 4.49. The van der Waals surface area contributed by atoms with E-state index in [0.717, 1.165) is 24.7 Å². The van der Waals surface area contributed by atoms with Crippen molar-refractivity contribution in [2.24, 2.45) is 0 Å². The molecule has 94 valence electrons. The van der Waals surface area contributed by atoms with Gasteiger partial charge in [0.15, 0.2) is 0 Å². The minimum Gasteiger partial charge on any atom is -0.311 e. The molecule has 4 heteroatoms. The summed E-state index contributed by atoms with van der Waals surface area (Å²) in [5, 5.41) is 5.88. The number of hydrogen-bond acceptors (Lipinski definition) is 3. The highest BCUT2D eigenvalue weighted by Gasteiger charge is 2.35. The SMILES string of the molecule is CN(Cc1sccc1Br)C1CC2CCC(C1)N2. The fourth-order valence-electron chi connectivity index (χ4n) is 3.18. The van der Waals surface area contributed by atoms with Crippen LogP contribution in [0.4, 0.5) is 0 Å². The molecule has 2 saturated heterocycles. The first kappa shape index (κ1) is 12.2. The number of nitrogens with zero attached hydrogens (tertiary/aromatic N) is 1. The zero-order valence-corrected chi connectivity index (χ0v) is 12.6. The van der Waals surface area contributed by atoms with Gasteiger partial charge in [0.25, 0.3) is 0 Å². The summed E-state index contributed by atoms with van der Waals surface area (Å²) >= 11 is 5.48. The van der Waals surface area contributed by atoms with E-state index < -0.39 is 0 Å². The fraction of sp³-hybridized carbons (Fsp3) is 0.692. The lowest BCUT2D eigenvalue weighted by atomic mass is 9.98. The Bertz CT molecular complexity index is 381. The molecule has 2 unspecified atom stereocenters. The lowest BCUT2D eigenvalue weighted by molar-refractivity contribution is 0.167. The number of halogens is 1. The van der Waals surface area contributed by atoms with Crippen LogP contribution >= 0.6 is 27.3 Å². The molecule has 0 radical (unpaired) electrons. The monoisotopic (exact) mass is 314 g/mol. The van der Waals surface area contributed by atoms with Crippen LogP contribution in [0.3, 0.4) is 0 Å². The van der Waals surface area contributed by atoms with Crippen molar-refractivity contribution < 1.29 is 0 Å². The van der Waals surface area contributed by atoms with Crippen molar-refractivity contribution in [1.29, 1.82) is 0 Å². The Kier molecular flexibility index (Phi) is 3.57. The van der Waals surface area contributed by atoms with Crippen molar-refractivity contribution >= 4 is 27.3 Å². The molecule has 3 heterocycles.